The van der Waals surface area contributed by atoms with E-state index in [1.54, 1.807) is 33.9 Å². The normalized spacial score (nSPS) is 15.0. The number of nitrogens with zero attached hydrogens (tertiary/aromatic N) is 1. The lowest BCUT2D eigenvalue weighted by atomic mass is 9.99. The SMILES string of the molecule is CC(C)C[C@H](NC(=O)[C@H](CCCN=C(N)N)NC(=O)[C@@H](NC(=O)[C@H](CCC(=O)O)NC(=O)[C@@H](N)Cc1c[nH]c2ccccc12)C(C)C)C(=O)N[C@H](C(=O)N[C@@H](CCC(=O)O)C(=O)N[C@@H](CCCCN)C(=O)N[C@@H](CS)C(=O)O)[C@@H](C)O. The van der Waals surface area contributed by atoms with Gasteiger partial charge in [-0.3, -0.25) is 52.9 Å². The molecule has 2 aromatic rings. The van der Waals surface area contributed by atoms with Crippen LogP contribution in [0.5, 0.6) is 0 Å². The Kier molecular flexibility index (Phi) is 30.2. The smallest absolute Gasteiger partial charge is 0.327 e. The fourth-order valence-electron chi connectivity index (χ4n) is 8.19. The lowest BCUT2D eigenvalue weighted by Gasteiger charge is -2.30. The van der Waals surface area contributed by atoms with Crippen molar-refractivity contribution < 1.29 is 73.2 Å². The molecule has 10 atom stereocenters. The molecule has 1 aromatic heterocycles. The Morgan fingerprint density at radius 2 is 1.05 bits per heavy atom. The third kappa shape index (κ3) is 24.8. The minimum atomic E-state index is -1.86. The Morgan fingerprint density at radius 1 is 0.593 bits per heavy atom. The molecule has 0 radical (unpaired) electrons. The number of nitrogens with two attached hydrogens (primary N) is 4. The molecule has 2 rings (SSSR count). The molecule has 8 amide bonds. The fourth-order valence-corrected chi connectivity index (χ4v) is 8.44. The maximum Gasteiger partial charge on any atom is 0.327 e. The average Bonchev–Trinajstić information content (AvgIpc) is 3.83. The molecule has 0 bridgehead atoms. The number of hydrogen-bond acceptors (Lipinski definition) is 16. The molecular formula is C51H82N14O15S. The van der Waals surface area contributed by atoms with Gasteiger partial charge in [-0.05, 0) is 94.7 Å². The second-order valence-electron chi connectivity index (χ2n) is 20.2. The van der Waals surface area contributed by atoms with E-state index in [2.05, 4.69) is 65.1 Å². The van der Waals surface area contributed by atoms with Crippen LogP contribution in [0, 0.1) is 11.8 Å². The highest BCUT2D eigenvalue weighted by Gasteiger charge is 2.37. The number of amides is 8. The number of aromatic amines is 1. The van der Waals surface area contributed by atoms with Gasteiger partial charge in [0.05, 0.1) is 12.1 Å². The van der Waals surface area contributed by atoms with Crippen molar-refractivity contribution in [2.75, 3.05) is 18.8 Å². The Balaban J connectivity index is 2.41. The van der Waals surface area contributed by atoms with Gasteiger partial charge in [-0.1, -0.05) is 45.9 Å². The number of carboxylic acid groups (broad SMARTS) is 3. The van der Waals surface area contributed by atoms with Crippen LogP contribution in [0.15, 0.2) is 35.5 Å². The number of aromatic nitrogens is 1. The molecule has 0 aliphatic heterocycles. The topological polar surface area (TPSA) is 497 Å². The number of rotatable bonds is 38. The Morgan fingerprint density at radius 3 is 1.54 bits per heavy atom. The zero-order valence-electron chi connectivity index (χ0n) is 46.2. The molecule has 0 aliphatic rings. The fraction of sp³-hybridized carbons (Fsp3) is 0.608. The summed E-state index contributed by atoms with van der Waals surface area (Å²) in [5.41, 5.74) is 24.4. The van der Waals surface area contributed by atoms with Crippen molar-refractivity contribution in [3.05, 3.63) is 36.0 Å². The lowest BCUT2D eigenvalue weighted by molar-refractivity contribution is -0.142. The predicted octanol–water partition coefficient (Wildman–Crippen LogP) is -3.07. The number of hydrogen-bond donors (Lipinski definition) is 18. The number of unbranched alkanes of at least 4 members (excludes halogenated alkanes) is 1. The number of thiol groups is 1. The van der Waals surface area contributed by atoms with Crippen molar-refractivity contribution in [2.24, 2.45) is 39.8 Å². The summed E-state index contributed by atoms with van der Waals surface area (Å²) in [7, 11) is 0. The van der Waals surface area contributed by atoms with Crippen molar-refractivity contribution in [3.8, 4) is 0 Å². The second-order valence-corrected chi connectivity index (χ2v) is 20.6. The maximum absolute atomic E-state index is 14.3. The molecule has 21 N–H and O–H groups in total. The van der Waals surface area contributed by atoms with Crippen LogP contribution in [0.2, 0.25) is 0 Å². The zero-order valence-corrected chi connectivity index (χ0v) is 47.1. The number of benzene rings is 1. The lowest BCUT2D eigenvalue weighted by Crippen LogP contribution is -2.62. The highest BCUT2D eigenvalue weighted by atomic mass is 32.1. The van der Waals surface area contributed by atoms with E-state index in [-0.39, 0.29) is 69.2 Å². The summed E-state index contributed by atoms with van der Waals surface area (Å²) in [5, 5.41) is 59.8. The number of aliphatic imine (C=N–C) groups is 1. The Labute approximate surface area is 474 Å². The molecule has 1 aromatic carbocycles. The number of fused-ring (bicyclic) bond motifs is 1. The van der Waals surface area contributed by atoms with Crippen LogP contribution in [-0.4, -0.2) is 176 Å². The quantitative estimate of drug-likeness (QED) is 0.0137. The summed E-state index contributed by atoms with van der Waals surface area (Å²) < 4.78 is 0. The molecule has 1 heterocycles. The Hall–Kier alpha value is -7.57. The van der Waals surface area contributed by atoms with Crippen LogP contribution in [-0.2, 0) is 59.2 Å². The Bertz CT molecular complexity index is 2510. The number of guanidine groups is 1. The number of nitrogens with one attached hydrogen (secondary N) is 9. The highest BCUT2D eigenvalue weighted by Crippen LogP contribution is 2.19. The molecule has 0 spiro atoms. The summed E-state index contributed by atoms with van der Waals surface area (Å²) in [6.07, 6.45) is -1.63. The first-order valence-corrected chi connectivity index (χ1v) is 27.2. The van der Waals surface area contributed by atoms with Gasteiger partial charge in [0.1, 0.15) is 48.3 Å². The summed E-state index contributed by atoms with van der Waals surface area (Å²) in [6, 6.07) is -6.06. The number of H-pyrrole nitrogens is 1. The van der Waals surface area contributed by atoms with Gasteiger partial charge in [-0.2, -0.15) is 12.6 Å². The zero-order chi connectivity index (χ0) is 61.1. The summed E-state index contributed by atoms with van der Waals surface area (Å²) >= 11 is 3.94. The van der Waals surface area contributed by atoms with Gasteiger partial charge in [0.15, 0.2) is 5.96 Å². The average molecular weight is 1160 g/mol. The van der Waals surface area contributed by atoms with Crippen LogP contribution in [0.3, 0.4) is 0 Å². The molecule has 0 saturated carbocycles. The summed E-state index contributed by atoms with van der Waals surface area (Å²) in [5.74, 6) is -13.4. The van der Waals surface area contributed by atoms with E-state index in [9.17, 15) is 73.2 Å². The first-order chi connectivity index (χ1) is 38.1. The third-order valence-electron chi connectivity index (χ3n) is 12.6. The van der Waals surface area contributed by atoms with Gasteiger partial charge in [0, 0.05) is 42.2 Å². The van der Waals surface area contributed by atoms with E-state index in [0.717, 1.165) is 23.4 Å². The van der Waals surface area contributed by atoms with Crippen molar-refractivity contribution >= 4 is 94.7 Å². The number of para-hydroxylation sites is 1. The predicted molar refractivity (Wildman–Crippen MR) is 299 cm³/mol. The van der Waals surface area contributed by atoms with Gasteiger partial charge in [0.25, 0.3) is 0 Å². The molecule has 0 aliphatic carbocycles. The minimum absolute atomic E-state index is 0.0182. The van der Waals surface area contributed by atoms with E-state index < -0.39 is 157 Å². The third-order valence-corrected chi connectivity index (χ3v) is 13.0. The van der Waals surface area contributed by atoms with Gasteiger partial charge >= 0.3 is 17.9 Å². The van der Waals surface area contributed by atoms with Gasteiger partial charge in [-0.25, -0.2) is 4.79 Å². The van der Waals surface area contributed by atoms with Crippen molar-refractivity contribution in [2.45, 2.75) is 166 Å². The van der Waals surface area contributed by atoms with Crippen LogP contribution < -0.4 is 65.5 Å². The minimum Gasteiger partial charge on any atom is -0.481 e. The number of carbonyl (C=O) groups is 11. The molecule has 81 heavy (non-hydrogen) atoms. The molecule has 0 fully saturated rings. The van der Waals surface area contributed by atoms with Gasteiger partial charge in [0.2, 0.25) is 47.3 Å². The largest absolute Gasteiger partial charge is 0.481 e. The molecular weight excluding hydrogens is 1080 g/mol. The van der Waals surface area contributed by atoms with Crippen molar-refractivity contribution in [1.82, 2.24) is 47.5 Å². The molecule has 30 heteroatoms. The summed E-state index contributed by atoms with van der Waals surface area (Å²) in [4.78, 5) is 153. The first-order valence-electron chi connectivity index (χ1n) is 26.5. The number of carbonyl (C=O) groups excluding carboxylic acids is 8. The van der Waals surface area contributed by atoms with Gasteiger partial charge in [-0.15, -0.1) is 0 Å². The van der Waals surface area contributed by atoms with Crippen LogP contribution in [0.25, 0.3) is 10.9 Å². The van der Waals surface area contributed by atoms with E-state index in [1.807, 2.05) is 24.3 Å². The number of aliphatic carboxylic acids is 3. The van der Waals surface area contributed by atoms with E-state index in [0.29, 0.717) is 6.42 Å². The molecule has 0 unspecified atom stereocenters. The molecule has 29 nitrogen and oxygen atoms in total. The highest BCUT2D eigenvalue weighted by molar-refractivity contribution is 7.80. The van der Waals surface area contributed by atoms with Crippen LogP contribution in [0.4, 0.5) is 0 Å². The second kappa shape index (κ2) is 35.2. The monoisotopic (exact) mass is 1160 g/mol. The van der Waals surface area contributed by atoms with E-state index in [1.165, 1.54) is 0 Å². The summed E-state index contributed by atoms with van der Waals surface area (Å²) in [6.45, 7) is 7.88. The van der Waals surface area contributed by atoms with E-state index in [4.69, 9.17) is 22.9 Å². The number of aliphatic hydroxyl groups excluding tert-OH is 1. The van der Waals surface area contributed by atoms with E-state index >= 15 is 0 Å². The van der Waals surface area contributed by atoms with Crippen molar-refractivity contribution in [1.29, 1.82) is 0 Å². The standard InChI is InChI=1S/C51H82N14O15S/c1-25(2)21-36(47(76)65-41(27(5)66)49(78)61-34(15-17-38(67)68)45(74)59-32(13-8-9-19-52)44(73)63-37(24-81)50(79)80)62-43(72)33(14-10-20-56-51(54)55)60-48(77)40(26(3)4)64-46(75)35(16-18-39(69)70)58-42(71)30(53)22-28-23-57-31-12-7-6-11-29(28)31/h6-7,11-12,23,25-27,30,32-37,40-41,57,66,81H,8-10,13-22,24,52-53H2,1-5H3,(H,58,71)(H,59,74)(H,60,77)(H,61,78)(H,62,72)(H,63,73)(H,64,75)(H,65,76)(H,67,68)(H,69,70)(H,79,80)(H4,54,55,56)/t27-,30+,32+,33+,34+,35+,36+,37+,40+,41+/m1/s1. The van der Waals surface area contributed by atoms with Gasteiger partial charge < -0.3 is 90.9 Å². The van der Waals surface area contributed by atoms with Crippen LogP contribution >= 0.6 is 12.6 Å². The molecule has 0 saturated heterocycles. The maximum atomic E-state index is 14.3. The van der Waals surface area contributed by atoms with Crippen LogP contribution in [0.1, 0.15) is 104 Å². The molecule has 452 valence electrons. The number of aliphatic hydroxyl groups is 1. The first kappa shape index (κ1) is 69.5. The van der Waals surface area contributed by atoms with Crippen molar-refractivity contribution in [3.63, 3.8) is 0 Å². The number of carboxylic acids is 3.